The Bertz CT molecular complexity index is 558. The topological polar surface area (TPSA) is 89.3 Å². The van der Waals surface area contributed by atoms with E-state index in [9.17, 15) is 13.2 Å². The van der Waals surface area contributed by atoms with Gasteiger partial charge in [0, 0.05) is 4.47 Å². The number of hydrogen-bond donors (Lipinski definition) is 2. The predicted molar refractivity (Wildman–Crippen MR) is 76.9 cm³/mol. The number of carbonyl (C=O) groups excluding carboxylic acids is 1. The highest BCUT2D eigenvalue weighted by Crippen LogP contribution is 2.21. The molecule has 0 saturated heterocycles. The highest BCUT2D eigenvalue weighted by atomic mass is 79.9. The molecule has 3 N–H and O–H groups in total. The third kappa shape index (κ3) is 4.59. The molecule has 0 unspecified atom stereocenters. The second kappa shape index (κ2) is 6.49. The first kappa shape index (κ1) is 16.1. The molecule has 1 aromatic rings. The minimum atomic E-state index is -3.78. The molecule has 106 valence electrons. The standard InChI is InChI=1S/C12H17BrN2O3S/c1-8(2)7-10(12(14)16)15-19(17,18)11-6-4-3-5-9(11)13/h3-6,8,10,15H,7H2,1-2H3,(H2,14,16)/t10-/m0/s1. The highest BCUT2D eigenvalue weighted by Gasteiger charge is 2.25. The molecule has 0 fully saturated rings. The van der Waals surface area contributed by atoms with E-state index in [4.69, 9.17) is 5.73 Å². The average Bonchev–Trinajstić information content (AvgIpc) is 2.27. The number of carbonyl (C=O) groups is 1. The lowest BCUT2D eigenvalue weighted by Crippen LogP contribution is -2.45. The molecule has 0 aliphatic heterocycles. The summed E-state index contributed by atoms with van der Waals surface area (Å²) < 4.78 is 27.2. The molecule has 0 aliphatic rings. The molecule has 0 saturated carbocycles. The Labute approximate surface area is 121 Å². The van der Waals surface area contributed by atoms with Gasteiger partial charge in [-0.2, -0.15) is 4.72 Å². The van der Waals surface area contributed by atoms with E-state index in [1.54, 1.807) is 18.2 Å². The second-order valence-corrected chi connectivity index (χ2v) is 7.17. The maximum Gasteiger partial charge on any atom is 0.242 e. The van der Waals surface area contributed by atoms with Crippen LogP contribution < -0.4 is 10.5 Å². The lowest BCUT2D eigenvalue weighted by Gasteiger charge is -2.18. The van der Waals surface area contributed by atoms with Crippen LogP contribution in [0.5, 0.6) is 0 Å². The third-order valence-electron chi connectivity index (χ3n) is 2.47. The quantitative estimate of drug-likeness (QED) is 0.818. The monoisotopic (exact) mass is 348 g/mol. The summed E-state index contributed by atoms with van der Waals surface area (Å²) in [5, 5.41) is 0. The number of primary amides is 1. The van der Waals surface area contributed by atoms with Crippen molar-refractivity contribution >= 4 is 31.9 Å². The molecule has 0 aliphatic carbocycles. The fourth-order valence-electron chi connectivity index (χ4n) is 1.61. The Hall–Kier alpha value is -0.920. The first-order chi connectivity index (χ1) is 8.74. The van der Waals surface area contributed by atoms with Crippen molar-refractivity contribution in [3.63, 3.8) is 0 Å². The fourth-order valence-corrected chi connectivity index (χ4v) is 3.83. The van der Waals surface area contributed by atoms with E-state index in [-0.39, 0.29) is 10.8 Å². The summed E-state index contributed by atoms with van der Waals surface area (Å²) in [6.45, 7) is 3.78. The number of amides is 1. The first-order valence-electron chi connectivity index (χ1n) is 5.80. The van der Waals surface area contributed by atoms with Crippen LogP contribution in [0.4, 0.5) is 0 Å². The molecule has 19 heavy (non-hydrogen) atoms. The van der Waals surface area contributed by atoms with Crippen molar-refractivity contribution in [3.8, 4) is 0 Å². The Morgan fingerprint density at radius 2 is 1.95 bits per heavy atom. The van der Waals surface area contributed by atoms with Crippen molar-refractivity contribution in [2.75, 3.05) is 0 Å². The number of rotatable bonds is 6. The maximum atomic E-state index is 12.2. The molecular weight excluding hydrogens is 332 g/mol. The zero-order valence-corrected chi connectivity index (χ0v) is 13.2. The van der Waals surface area contributed by atoms with Crippen LogP contribution in [0.3, 0.4) is 0 Å². The van der Waals surface area contributed by atoms with Gasteiger partial charge in [-0.15, -0.1) is 0 Å². The smallest absolute Gasteiger partial charge is 0.242 e. The molecule has 1 amide bonds. The SMILES string of the molecule is CC(C)C[C@H](NS(=O)(=O)c1ccccc1Br)C(N)=O. The largest absolute Gasteiger partial charge is 0.368 e. The molecule has 5 nitrogen and oxygen atoms in total. The Kier molecular flexibility index (Phi) is 5.51. The molecule has 0 aromatic heterocycles. The zero-order chi connectivity index (χ0) is 14.6. The van der Waals surface area contributed by atoms with Crippen LogP contribution in [-0.4, -0.2) is 20.4 Å². The van der Waals surface area contributed by atoms with Gasteiger partial charge in [-0.05, 0) is 40.4 Å². The number of nitrogens with two attached hydrogens (primary N) is 1. The van der Waals surface area contributed by atoms with E-state index in [0.29, 0.717) is 10.9 Å². The van der Waals surface area contributed by atoms with E-state index >= 15 is 0 Å². The minimum Gasteiger partial charge on any atom is -0.368 e. The third-order valence-corrected chi connectivity index (χ3v) is 4.96. The molecule has 0 radical (unpaired) electrons. The van der Waals surface area contributed by atoms with Crippen LogP contribution >= 0.6 is 15.9 Å². The normalized spacial score (nSPS) is 13.5. The summed E-state index contributed by atoms with van der Waals surface area (Å²) >= 11 is 3.17. The average molecular weight is 349 g/mol. The van der Waals surface area contributed by atoms with Gasteiger partial charge in [0.1, 0.15) is 6.04 Å². The van der Waals surface area contributed by atoms with Gasteiger partial charge in [0.25, 0.3) is 0 Å². The van der Waals surface area contributed by atoms with Crippen LogP contribution in [0.1, 0.15) is 20.3 Å². The van der Waals surface area contributed by atoms with Crippen molar-refractivity contribution in [1.29, 1.82) is 0 Å². The molecular formula is C12H17BrN2O3S. The summed E-state index contributed by atoms with van der Waals surface area (Å²) in [7, 11) is -3.78. The lowest BCUT2D eigenvalue weighted by atomic mass is 10.0. The van der Waals surface area contributed by atoms with Gasteiger partial charge in [0.2, 0.25) is 15.9 Å². The summed E-state index contributed by atoms with van der Waals surface area (Å²) in [5.74, 6) is -0.524. The van der Waals surface area contributed by atoms with Gasteiger partial charge < -0.3 is 5.73 Å². The molecule has 1 rings (SSSR count). The predicted octanol–water partition coefficient (Wildman–Crippen LogP) is 1.63. The lowest BCUT2D eigenvalue weighted by molar-refractivity contribution is -0.119. The van der Waals surface area contributed by atoms with E-state index in [1.165, 1.54) is 6.07 Å². The summed E-state index contributed by atoms with van der Waals surface area (Å²) in [6, 6.07) is 5.50. The molecule has 1 aromatic carbocycles. The summed E-state index contributed by atoms with van der Waals surface area (Å²) in [6.07, 6.45) is 0.360. The Balaban J connectivity index is 3.01. The number of nitrogens with one attached hydrogen (secondary N) is 1. The van der Waals surface area contributed by atoms with Crippen molar-refractivity contribution in [2.24, 2.45) is 11.7 Å². The first-order valence-corrected chi connectivity index (χ1v) is 8.08. The Morgan fingerprint density at radius 1 is 1.37 bits per heavy atom. The van der Waals surface area contributed by atoms with Crippen LogP contribution in [0.15, 0.2) is 33.6 Å². The van der Waals surface area contributed by atoms with E-state index in [1.807, 2.05) is 13.8 Å². The molecule has 1 atom stereocenters. The van der Waals surface area contributed by atoms with E-state index < -0.39 is 22.0 Å². The van der Waals surface area contributed by atoms with Gasteiger partial charge in [-0.3, -0.25) is 4.79 Å². The van der Waals surface area contributed by atoms with E-state index in [2.05, 4.69) is 20.7 Å². The van der Waals surface area contributed by atoms with Crippen molar-refractivity contribution in [2.45, 2.75) is 31.2 Å². The van der Waals surface area contributed by atoms with Gasteiger partial charge in [-0.25, -0.2) is 8.42 Å². The molecule has 7 heteroatoms. The number of sulfonamides is 1. The van der Waals surface area contributed by atoms with Gasteiger partial charge >= 0.3 is 0 Å². The van der Waals surface area contributed by atoms with E-state index in [0.717, 1.165) is 0 Å². The summed E-state index contributed by atoms with van der Waals surface area (Å²) in [5.41, 5.74) is 5.23. The molecule has 0 spiro atoms. The molecule has 0 heterocycles. The number of hydrogen-bond acceptors (Lipinski definition) is 3. The van der Waals surface area contributed by atoms with Crippen LogP contribution in [0.25, 0.3) is 0 Å². The second-order valence-electron chi connectivity index (χ2n) is 4.64. The van der Waals surface area contributed by atoms with Gasteiger partial charge in [0.05, 0.1) is 4.90 Å². The van der Waals surface area contributed by atoms with Gasteiger partial charge in [0.15, 0.2) is 0 Å². The van der Waals surface area contributed by atoms with Crippen LogP contribution in [0, 0.1) is 5.92 Å². The fraction of sp³-hybridized carbons (Fsp3) is 0.417. The minimum absolute atomic E-state index is 0.0880. The Morgan fingerprint density at radius 3 is 2.42 bits per heavy atom. The van der Waals surface area contributed by atoms with Crippen LogP contribution in [-0.2, 0) is 14.8 Å². The maximum absolute atomic E-state index is 12.2. The number of halogens is 1. The summed E-state index contributed by atoms with van der Waals surface area (Å²) in [4.78, 5) is 11.4. The number of benzene rings is 1. The van der Waals surface area contributed by atoms with Crippen molar-refractivity contribution in [1.82, 2.24) is 4.72 Å². The van der Waals surface area contributed by atoms with Crippen molar-refractivity contribution < 1.29 is 13.2 Å². The van der Waals surface area contributed by atoms with Crippen molar-refractivity contribution in [3.05, 3.63) is 28.7 Å². The highest BCUT2D eigenvalue weighted by molar-refractivity contribution is 9.10. The molecule has 0 bridgehead atoms. The zero-order valence-electron chi connectivity index (χ0n) is 10.8. The van der Waals surface area contributed by atoms with Crippen LogP contribution in [0.2, 0.25) is 0 Å². The van der Waals surface area contributed by atoms with Gasteiger partial charge in [-0.1, -0.05) is 26.0 Å².